The molecule has 1 amide bonds. The maximum absolute atomic E-state index is 13.0. The van der Waals surface area contributed by atoms with Crippen LogP contribution >= 0.6 is 23.2 Å². The van der Waals surface area contributed by atoms with Gasteiger partial charge in [-0.2, -0.15) is 10.2 Å². The van der Waals surface area contributed by atoms with Gasteiger partial charge in [0.1, 0.15) is 17.0 Å². The molecule has 4 heterocycles. The van der Waals surface area contributed by atoms with E-state index < -0.39 is 34.4 Å². The third-order valence-corrected chi connectivity index (χ3v) is 8.94. The van der Waals surface area contributed by atoms with Gasteiger partial charge in [-0.3, -0.25) is 4.79 Å². The van der Waals surface area contributed by atoms with Crippen LogP contribution in [0.2, 0.25) is 10.2 Å². The van der Waals surface area contributed by atoms with Crippen molar-refractivity contribution in [1.82, 2.24) is 14.8 Å². The fourth-order valence-electron chi connectivity index (χ4n) is 4.59. The van der Waals surface area contributed by atoms with Crippen LogP contribution < -0.4 is 0 Å². The van der Waals surface area contributed by atoms with E-state index in [9.17, 15) is 18.0 Å². The highest BCUT2D eigenvalue weighted by atomic mass is 35.5. The van der Waals surface area contributed by atoms with E-state index >= 15 is 0 Å². The molecule has 2 aromatic heterocycles. The Morgan fingerprint density at radius 1 is 1.21 bits per heavy atom. The van der Waals surface area contributed by atoms with Crippen molar-refractivity contribution in [1.29, 1.82) is 0 Å². The predicted molar refractivity (Wildman–Crippen MR) is 145 cm³/mol. The molecule has 0 spiro atoms. The van der Waals surface area contributed by atoms with E-state index in [0.29, 0.717) is 40.6 Å². The fourth-order valence-corrected chi connectivity index (χ4v) is 6.78. The Morgan fingerprint density at radius 2 is 1.97 bits per heavy atom. The molecular weight excluding hydrogens is 567 g/mol. The van der Waals surface area contributed by atoms with Gasteiger partial charge in [0, 0.05) is 23.1 Å². The standard InChI is InChI=1S/C26H24Cl2N4O6S/c1-16-20(26(28)31(29-16)19-10-12-39(35,36)15-19)8-9-25(34)38-14-24(33)32-22(23-3-2-11-37-23)13-21(30-32)17-4-6-18(27)7-5-17/h2-9,11,19,22H,10,12-15H2,1H3. The number of esters is 1. The highest BCUT2D eigenvalue weighted by molar-refractivity contribution is 7.91. The molecule has 1 saturated heterocycles. The van der Waals surface area contributed by atoms with Crippen LogP contribution in [0.3, 0.4) is 0 Å². The summed E-state index contributed by atoms with van der Waals surface area (Å²) in [4.78, 5) is 25.5. The minimum atomic E-state index is -3.12. The van der Waals surface area contributed by atoms with Crippen LogP contribution in [0.5, 0.6) is 0 Å². The second kappa shape index (κ2) is 11.0. The molecule has 0 radical (unpaired) electrons. The van der Waals surface area contributed by atoms with E-state index in [1.54, 1.807) is 31.2 Å². The van der Waals surface area contributed by atoms with Crippen LogP contribution in [0, 0.1) is 6.92 Å². The number of nitrogens with zero attached hydrogens (tertiary/aromatic N) is 4. The van der Waals surface area contributed by atoms with Crippen LogP contribution in [0.15, 0.2) is 58.3 Å². The minimum absolute atomic E-state index is 0.0289. The van der Waals surface area contributed by atoms with Crippen LogP contribution in [0.1, 0.15) is 47.5 Å². The molecule has 1 aromatic carbocycles. The van der Waals surface area contributed by atoms with Crippen molar-refractivity contribution >= 4 is 56.7 Å². The van der Waals surface area contributed by atoms with Gasteiger partial charge in [-0.05, 0) is 49.2 Å². The van der Waals surface area contributed by atoms with E-state index in [1.807, 2.05) is 12.1 Å². The van der Waals surface area contributed by atoms with Gasteiger partial charge in [-0.1, -0.05) is 35.3 Å². The molecule has 39 heavy (non-hydrogen) atoms. The minimum Gasteiger partial charge on any atom is -0.467 e. The number of halogens is 2. The van der Waals surface area contributed by atoms with Crippen molar-refractivity contribution < 1.29 is 27.2 Å². The topological polar surface area (TPSA) is 124 Å². The number of aryl methyl sites for hydroxylation is 1. The first kappa shape index (κ1) is 27.2. The first-order valence-corrected chi connectivity index (χ1v) is 14.7. The number of carbonyl (C=O) groups is 2. The van der Waals surface area contributed by atoms with Crippen molar-refractivity contribution in [3.8, 4) is 0 Å². The van der Waals surface area contributed by atoms with Gasteiger partial charge in [0.05, 0.1) is 35.2 Å². The zero-order valence-corrected chi connectivity index (χ0v) is 23.1. The number of amides is 1. The van der Waals surface area contributed by atoms with Crippen LogP contribution in [-0.4, -0.2) is 58.9 Å². The van der Waals surface area contributed by atoms with E-state index in [1.165, 1.54) is 22.0 Å². The second-order valence-corrected chi connectivity index (χ2v) is 12.3. The molecule has 0 aliphatic carbocycles. The molecule has 2 aliphatic heterocycles. The molecule has 0 saturated carbocycles. The number of carbonyl (C=O) groups excluding carboxylic acids is 2. The third kappa shape index (κ3) is 5.95. The molecular formula is C26H24Cl2N4O6S. The number of benzene rings is 1. The lowest BCUT2D eigenvalue weighted by Crippen LogP contribution is -2.31. The number of ether oxygens (including phenoxy) is 1. The number of sulfone groups is 1. The number of hydrogen-bond acceptors (Lipinski definition) is 8. The highest BCUT2D eigenvalue weighted by Gasteiger charge is 2.35. The Kier molecular flexibility index (Phi) is 7.66. The van der Waals surface area contributed by atoms with Gasteiger partial charge >= 0.3 is 5.97 Å². The van der Waals surface area contributed by atoms with Crippen molar-refractivity contribution in [3.63, 3.8) is 0 Å². The van der Waals surface area contributed by atoms with Crippen molar-refractivity contribution in [2.45, 2.75) is 31.8 Å². The fraction of sp³-hybridized carbons (Fsp3) is 0.308. The Hall–Kier alpha value is -3.41. The number of hydrazone groups is 1. The monoisotopic (exact) mass is 590 g/mol. The van der Waals surface area contributed by atoms with E-state index in [2.05, 4.69) is 10.2 Å². The third-order valence-electron chi connectivity index (χ3n) is 6.56. The number of aromatic nitrogens is 2. The maximum Gasteiger partial charge on any atom is 0.331 e. The van der Waals surface area contributed by atoms with Crippen molar-refractivity contribution in [3.05, 3.63) is 81.5 Å². The summed E-state index contributed by atoms with van der Waals surface area (Å²) in [5.41, 5.74) is 2.49. The summed E-state index contributed by atoms with van der Waals surface area (Å²) in [6, 6.07) is 9.77. The number of hydrogen-bond donors (Lipinski definition) is 0. The van der Waals surface area contributed by atoms with Gasteiger partial charge in [0.25, 0.3) is 5.91 Å². The number of furan rings is 1. The van der Waals surface area contributed by atoms with E-state index in [4.69, 9.17) is 32.4 Å². The molecule has 10 nitrogen and oxygen atoms in total. The Morgan fingerprint density at radius 3 is 2.64 bits per heavy atom. The second-order valence-electron chi connectivity index (χ2n) is 9.26. The average Bonchev–Trinajstić information content (AvgIpc) is 3.69. The van der Waals surface area contributed by atoms with Crippen LogP contribution in [-0.2, 0) is 24.2 Å². The molecule has 2 aliphatic rings. The molecule has 0 N–H and O–H groups in total. The molecule has 0 bridgehead atoms. The lowest BCUT2D eigenvalue weighted by molar-refractivity contribution is -0.149. The van der Waals surface area contributed by atoms with Gasteiger partial charge < -0.3 is 9.15 Å². The van der Waals surface area contributed by atoms with Crippen molar-refractivity contribution in [2.24, 2.45) is 5.10 Å². The maximum atomic E-state index is 13.0. The van der Waals surface area contributed by atoms with Gasteiger partial charge in [0.2, 0.25) is 0 Å². The van der Waals surface area contributed by atoms with Gasteiger partial charge in [-0.25, -0.2) is 22.9 Å². The predicted octanol–water partition coefficient (Wildman–Crippen LogP) is 4.39. The van der Waals surface area contributed by atoms with E-state index in [-0.39, 0.29) is 22.7 Å². The Bertz CT molecular complexity index is 1560. The summed E-state index contributed by atoms with van der Waals surface area (Å²) in [5.74, 6) is -0.669. The number of rotatable bonds is 7. The average molecular weight is 591 g/mol. The van der Waals surface area contributed by atoms with Crippen LogP contribution in [0.25, 0.3) is 6.08 Å². The lowest BCUT2D eigenvalue weighted by Gasteiger charge is -2.19. The first-order valence-electron chi connectivity index (χ1n) is 12.1. The van der Waals surface area contributed by atoms with Crippen LogP contribution in [0.4, 0.5) is 0 Å². The zero-order chi connectivity index (χ0) is 27.7. The summed E-state index contributed by atoms with van der Waals surface area (Å²) in [6.45, 7) is 1.17. The summed E-state index contributed by atoms with van der Waals surface area (Å²) in [7, 11) is -3.12. The first-order chi connectivity index (χ1) is 18.6. The molecule has 2 atom stereocenters. The summed E-state index contributed by atoms with van der Waals surface area (Å²) < 4.78 is 35.9. The SMILES string of the molecule is Cc1nn(C2CCS(=O)(=O)C2)c(Cl)c1C=CC(=O)OCC(=O)N1N=C(c2ccc(Cl)cc2)CC1c1ccco1. The quantitative estimate of drug-likeness (QED) is 0.295. The molecule has 1 fully saturated rings. The molecule has 204 valence electrons. The smallest absolute Gasteiger partial charge is 0.331 e. The zero-order valence-electron chi connectivity index (χ0n) is 20.8. The van der Waals surface area contributed by atoms with E-state index in [0.717, 1.165) is 11.6 Å². The molecule has 5 rings (SSSR count). The van der Waals surface area contributed by atoms with Crippen molar-refractivity contribution in [2.75, 3.05) is 18.1 Å². The normalized spacial score (nSPS) is 20.5. The summed E-state index contributed by atoms with van der Waals surface area (Å²) in [6.07, 6.45) is 4.95. The Labute approximate surface area is 234 Å². The lowest BCUT2D eigenvalue weighted by atomic mass is 10.0. The molecule has 2 unspecified atom stereocenters. The molecule has 3 aromatic rings. The van der Waals surface area contributed by atoms with Gasteiger partial charge in [0.15, 0.2) is 16.4 Å². The highest BCUT2D eigenvalue weighted by Crippen LogP contribution is 2.34. The Balaban J connectivity index is 1.25. The summed E-state index contributed by atoms with van der Waals surface area (Å²) in [5, 5.41) is 10.9. The molecule has 13 heteroatoms. The summed E-state index contributed by atoms with van der Waals surface area (Å²) >= 11 is 12.4. The van der Waals surface area contributed by atoms with Gasteiger partial charge in [-0.15, -0.1) is 0 Å². The largest absolute Gasteiger partial charge is 0.467 e.